The molecule has 1 aromatic heterocycles. The predicted molar refractivity (Wildman–Crippen MR) is 204 cm³/mol. The zero-order valence-electron chi connectivity index (χ0n) is 27.6. The lowest BCUT2D eigenvalue weighted by Crippen LogP contribution is -2.30. The third-order valence-electron chi connectivity index (χ3n) is 9.83. The van der Waals surface area contributed by atoms with Crippen LogP contribution in [-0.2, 0) is 0 Å². The van der Waals surface area contributed by atoms with E-state index in [1.165, 1.54) is 4.90 Å². The maximum atomic E-state index is 14.7. The first-order chi connectivity index (χ1) is 25.5. The SMILES string of the molecule is N#Cc1ccc(-c2ccc3c4ccc(-c5ccc(C#N)cc5)cc4n(-c4cccc5c4C(=O)N(c4ccccc4-c4ccccc4)C5=O)c3c2)cc1. The first kappa shape index (κ1) is 30.5. The number of para-hydroxylation sites is 1. The van der Waals surface area contributed by atoms with Gasteiger partial charge in [-0.05, 0) is 82.4 Å². The van der Waals surface area contributed by atoms with Crippen molar-refractivity contribution in [3.63, 3.8) is 0 Å². The zero-order chi connectivity index (χ0) is 35.3. The van der Waals surface area contributed by atoms with Crippen molar-refractivity contribution in [3.8, 4) is 51.2 Å². The van der Waals surface area contributed by atoms with Gasteiger partial charge in [0.2, 0.25) is 0 Å². The summed E-state index contributed by atoms with van der Waals surface area (Å²) in [6.07, 6.45) is 0. The third-order valence-corrected chi connectivity index (χ3v) is 9.83. The maximum Gasteiger partial charge on any atom is 0.268 e. The number of anilines is 1. The van der Waals surface area contributed by atoms with Crippen LogP contribution in [0.5, 0.6) is 0 Å². The monoisotopic (exact) mass is 666 g/mol. The summed E-state index contributed by atoms with van der Waals surface area (Å²) >= 11 is 0. The number of amides is 2. The van der Waals surface area contributed by atoms with E-state index < -0.39 is 0 Å². The number of carbonyl (C=O) groups excluding carboxylic acids is 2. The van der Waals surface area contributed by atoms with Gasteiger partial charge in [-0.2, -0.15) is 10.5 Å². The van der Waals surface area contributed by atoms with E-state index in [0.717, 1.165) is 55.2 Å². The number of fused-ring (bicyclic) bond motifs is 4. The van der Waals surface area contributed by atoms with E-state index >= 15 is 0 Å². The molecule has 0 saturated heterocycles. The molecule has 2 amide bonds. The van der Waals surface area contributed by atoms with Crippen molar-refractivity contribution in [1.29, 1.82) is 10.5 Å². The maximum absolute atomic E-state index is 14.7. The number of imide groups is 1. The average Bonchev–Trinajstić information content (AvgIpc) is 3.67. The summed E-state index contributed by atoms with van der Waals surface area (Å²) in [7, 11) is 0. The Morgan fingerprint density at radius 2 is 0.923 bits per heavy atom. The molecule has 6 nitrogen and oxygen atoms in total. The Morgan fingerprint density at radius 1 is 0.423 bits per heavy atom. The summed E-state index contributed by atoms with van der Waals surface area (Å²) in [6.45, 7) is 0. The van der Waals surface area contributed by atoms with E-state index in [0.29, 0.717) is 33.6 Å². The van der Waals surface area contributed by atoms with Crippen LogP contribution in [-0.4, -0.2) is 16.4 Å². The molecule has 0 aliphatic carbocycles. The minimum absolute atomic E-state index is 0.335. The number of rotatable bonds is 5. The van der Waals surface area contributed by atoms with Gasteiger partial charge in [-0.25, -0.2) is 4.90 Å². The predicted octanol–water partition coefficient (Wildman–Crippen LogP) is 10.3. The van der Waals surface area contributed by atoms with Crippen LogP contribution < -0.4 is 4.90 Å². The summed E-state index contributed by atoms with van der Waals surface area (Å²) in [6, 6.07) is 54.5. The van der Waals surface area contributed by atoms with Crippen molar-refractivity contribution < 1.29 is 9.59 Å². The second kappa shape index (κ2) is 12.1. The first-order valence-electron chi connectivity index (χ1n) is 16.8. The topological polar surface area (TPSA) is 89.9 Å². The number of hydrogen-bond donors (Lipinski definition) is 0. The van der Waals surface area contributed by atoms with E-state index in [4.69, 9.17) is 0 Å². The first-order valence-corrected chi connectivity index (χ1v) is 16.8. The lowest BCUT2D eigenvalue weighted by Gasteiger charge is -2.19. The van der Waals surface area contributed by atoms with Crippen LogP contribution in [0.3, 0.4) is 0 Å². The Morgan fingerprint density at radius 3 is 1.50 bits per heavy atom. The third kappa shape index (κ3) is 4.79. The molecule has 0 saturated carbocycles. The fourth-order valence-corrected chi connectivity index (χ4v) is 7.31. The molecule has 8 aromatic rings. The quantitative estimate of drug-likeness (QED) is 0.171. The second-order valence-electron chi connectivity index (χ2n) is 12.7. The number of hydrogen-bond acceptors (Lipinski definition) is 4. The van der Waals surface area contributed by atoms with Gasteiger partial charge >= 0.3 is 0 Å². The molecule has 0 atom stereocenters. The Bertz CT molecular complexity index is 2720. The van der Waals surface area contributed by atoms with E-state index in [1.54, 1.807) is 30.3 Å². The van der Waals surface area contributed by atoms with Crippen LogP contribution >= 0.6 is 0 Å². The highest BCUT2D eigenvalue weighted by molar-refractivity contribution is 6.36. The van der Waals surface area contributed by atoms with Gasteiger partial charge in [0.25, 0.3) is 11.8 Å². The minimum Gasteiger partial charge on any atom is -0.308 e. The highest BCUT2D eigenvalue weighted by atomic mass is 16.2. The Kier molecular flexibility index (Phi) is 7.10. The van der Waals surface area contributed by atoms with Gasteiger partial charge in [-0.3, -0.25) is 9.59 Å². The van der Waals surface area contributed by atoms with Gasteiger partial charge in [0.1, 0.15) is 0 Å². The summed E-state index contributed by atoms with van der Waals surface area (Å²) in [5.41, 5.74) is 10.2. The average molecular weight is 667 g/mol. The molecule has 1 aliphatic heterocycles. The van der Waals surface area contributed by atoms with Crippen LogP contribution in [0.1, 0.15) is 31.8 Å². The van der Waals surface area contributed by atoms with Crippen LogP contribution in [0.25, 0.3) is 60.9 Å². The standard InChI is InChI=1S/C46H26N4O2/c47-27-29-13-17-31(18-14-29)34-21-23-37-38-24-22-35(32-19-15-30(28-48)16-20-32)26-43(38)49(42(37)25-34)41-12-6-10-39-44(41)46(52)50(45(39)51)40-11-5-4-9-36(40)33-7-2-1-3-8-33/h1-26H. The fourth-order valence-electron chi connectivity index (χ4n) is 7.31. The number of carbonyl (C=O) groups is 2. The van der Waals surface area contributed by atoms with Gasteiger partial charge in [0.05, 0.1) is 56.8 Å². The van der Waals surface area contributed by atoms with Crippen LogP contribution in [0, 0.1) is 22.7 Å². The van der Waals surface area contributed by atoms with Gasteiger partial charge in [0.15, 0.2) is 0 Å². The molecule has 52 heavy (non-hydrogen) atoms. The molecule has 1 aliphatic rings. The zero-order valence-corrected chi connectivity index (χ0v) is 27.6. The molecule has 0 fully saturated rings. The molecule has 0 bridgehead atoms. The molecule has 0 spiro atoms. The van der Waals surface area contributed by atoms with Gasteiger partial charge in [0, 0.05) is 16.3 Å². The minimum atomic E-state index is -0.388. The number of benzene rings is 7. The largest absolute Gasteiger partial charge is 0.308 e. The van der Waals surface area contributed by atoms with Crippen molar-refractivity contribution >= 4 is 39.3 Å². The fraction of sp³-hybridized carbons (Fsp3) is 0. The van der Waals surface area contributed by atoms with E-state index in [1.807, 2.05) is 91.0 Å². The van der Waals surface area contributed by atoms with E-state index in [9.17, 15) is 20.1 Å². The Balaban J connectivity index is 1.28. The van der Waals surface area contributed by atoms with Crippen molar-refractivity contribution in [2.24, 2.45) is 0 Å². The van der Waals surface area contributed by atoms with Crippen molar-refractivity contribution in [1.82, 2.24) is 4.57 Å². The molecular weight excluding hydrogens is 641 g/mol. The van der Waals surface area contributed by atoms with Gasteiger partial charge < -0.3 is 4.57 Å². The number of aromatic nitrogens is 1. The molecule has 242 valence electrons. The molecule has 2 heterocycles. The summed E-state index contributed by atoms with van der Waals surface area (Å²) < 4.78 is 2.08. The van der Waals surface area contributed by atoms with Crippen molar-refractivity contribution in [3.05, 3.63) is 180 Å². The Labute approximate surface area is 299 Å². The number of nitrogens with zero attached hydrogens (tertiary/aromatic N) is 4. The smallest absolute Gasteiger partial charge is 0.268 e. The summed E-state index contributed by atoms with van der Waals surface area (Å²) in [5, 5.41) is 20.7. The van der Waals surface area contributed by atoms with Crippen molar-refractivity contribution in [2.45, 2.75) is 0 Å². The van der Waals surface area contributed by atoms with Gasteiger partial charge in [-0.15, -0.1) is 0 Å². The summed E-state index contributed by atoms with van der Waals surface area (Å²) in [5.74, 6) is -0.761. The molecule has 0 radical (unpaired) electrons. The van der Waals surface area contributed by atoms with Crippen LogP contribution in [0.15, 0.2) is 158 Å². The lowest BCUT2D eigenvalue weighted by atomic mass is 10.0. The van der Waals surface area contributed by atoms with Crippen LogP contribution in [0.2, 0.25) is 0 Å². The lowest BCUT2D eigenvalue weighted by molar-refractivity contribution is 0.0926. The molecule has 6 heteroatoms. The second-order valence-corrected chi connectivity index (χ2v) is 12.7. The summed E-state index contributed by atoms with van der Waals surface area (Å²) in [4.78, 5) is 30.3. The Hall–Kier alpha value is -7.54. The normalized spacial score (nSPS) is 12.2. The van der Waals surface area contributed by atoms with Crippen molar-refractivity contribution in [2.75, 3.05) is 4.90 Å². The highest BCUT2D eigenvalue weighted by Gasteiger charge is 2.40. The van der Waals surface area contributed by atoms with E-state index in [2.05, 4.69) is 53.1 Å². The molecule has 0 N–H and O–H groups in total. The number of nitriles is 2. The molecule has 9 rings (SSSR count). The highest BCUT2D eigenvalue weighted by Crippen LogP contribution is 2.42. The van der Waals surface area contributed by atoms with E-state index in [-0.39, 0.29) is 11.8 Å². The molecular formula is C46H26N4O2. The van der Waals surface area contributed by atoms with Gasteiger partial charge in [-0.1, -0.05) is 103 Å². The molecule has 7 aromatic carbocycles. The molecule has 0 unspecified atom stereocenters. The van der Waals surface area contributed by atoms with Crippen LogP contribution in [0.4, 0.5) is 5.69 Å².